The van der Waals surface area contributed by atoms with Gasteiger partial charge in [-0.2, -0.15) is 13.2 Å². The molecule has 168 valence electrons. The number of hydrogen-bond acceptors (Lipinski definition) is 5. The number of carbonyl (C=O) groups excluding carboxylic acids is 1. The van der Waals surface area contributed by atoms with Crippen LogP contribution in [0.15, 0.2) is 30.3 Å². The first-order valence-corrected chi connectivity index (χ1v) is 10.4. The number of hydrogen-bond donors (Lipinski definition) is 1. The molecule has 1 N–H and O–H groups in total. The summed E-state index contributed by atoms with van der Waals surface area (Å²) < 4.78 is 39.6. The summed E-state index contributed by atoms with van der Waals surface area (Å²) in [6.07, 6.45) is -4.52. The van der Waals surface area contributed by atoms with Gasteiger partial charge in [0.25, 0.3) is 0 Å². The van der Waals surface area contributed by atoms with Crippen molar-refractivity contribution in [1.29, 1.82) is 0 Å². The van der Waals surface area contributed by atoms with Crippen molar-refractivity contribution in [1.82, 2.24) is 14.9 Å². The topological polar surface area (TPSA) is 61.4 Å². The van der Waals surface area contributed by atoms with Crippen LogP contribution >= 0.6 is 0 Å². The maximum atomic E-state index is 13.2. The molecule has 1 aliphatic heterocycles. The molecule has 0 saturated carbocycles. The minimum absolute atomic E-state index is 0.219. The highest BCUT2D eigenvalue weighted by atomic mass is 19.4. The van der Waals surface area contributed by atoms with Crippen LogP contribution in [0.1, 0.15) is 43.8 Å². The fraction of sp³-hybridized carbons (Fsp3) is 0.500. The van der Waals surface area contributed by atoms with Crippen molar-refractivity contribution in [2.45, 2.75) is 45.8 Å². The second-order valence-electron chi connectivity index (χ2n) is 8.11. The molecule has 0 bridgehead atoms. The lowest BCUT2D eigenvalue weighted by atomic mass is 10.1. The molecular formula is C22H28F3N5O. The highest BCUT2D eigenvalue weighted by Crippen LogP contribution is 2.34. The molecule has 31 heavy (non-hydrogen) atoms. The van der Waals surface area contributed by atoms with Gasteiger partial charge in [-0.3, -0.25) is 9.69 Å². The Morgan fingerprint density at radius 2 is 1.71 bits per heavy atom. The molecule has 1 atom stereocenters. The third kappa shape index (κ3) is 5.52. The number of nitrogens with zero attached hydrogens (tertiary/aromatic N) is 4. The van der Waals surface area contributed by atoms with Gasteiger partial charge in [0.1, 0.15) is 11.6 Å². The van der Waals surface area contributed by atoms with E-state index in [-0.39, 0.29) is 11.6 Å². The van der Waals surface area contributed by atoms with Gasteiger partial charge in [0.05, 0.1) is 17.3 Å². The van der Waals surface area contributed by atoms with Crippen molar-refractivity contribution >= 4 is 17.4 Å². The fourth-order valence-electron chi connectivity index (χ4n) is 3.58. The van der Waals surface area contributed by atoms with Crippen LogP contribution in [0.25, 0.3) is 0 Å². The molecule has 2 aromatic rings. The van der Waals surface area contributed by atoms with E-state index in [1.807, 2.05) is 31.7 Å². The number of halogens is 3. The molecule has 1 saturated heterocycles. The molecule has 0 spiro atoms. The van der Waals surface area contributed by atoms with Crippen LogP contribution in [0.4, 0.5) is 24.7 Å². The lowest BCUT2D eigenvalue weighted by Crippen LogP contribution is -2.53. The maximum Gasteiger partial charge on any atom is 0.418 e. The SMILES string of the molecule is Cc1cc(N2CCN(C(C)C(=O)Nc3ccccc3C(F)(F)F)CC2)nc(C(C)C)n1. The summed E-state index contributed by atoms with van der Waals surface area (Å²) in [5.41, 5.74) is -0.157. The van der Waals surface area contributed by atoms with Crippen LogP contribution in [0.2, 0.25) is 0 Å². The second kappa shape index (κ2) is 9.21. The first-order chi connectivity index (χ1) is 14.6. The van der Waals surface area contributed by atoms with Crippen LogP contribution in [-0.4, -0.2) is 53.0 Å². The predicted octanol–water partition coefficient (Wildman–Crippen LogP) is 4.08. The quantitative estimate of drug-likeness (QED) is 0.767. The van der Waals surface area contributed by atoms with Gasteiger partial charge < -0.3 is 10.2 Å². The Morgan fingerprint density at radius 3 is 2.32 bits per heavy atom. The highest BCUT2D eigenvalue weighted by molar-refractivity contribution is 5.95. The third-order valence-electron chi connectivity index (χ3n) is 5.43. The van der Waals surface area contributed by atoms with Crippen LogP contribution in [0.5, 0.6) is 0 Å². The monoisotopic (exact) mass is 435 g/mol. The van der Waals surface area contributed by atoms with Crippen molar-refractivity contribution in [2.75, 3.05) is 36.4 Å². The number of para-hydroxylation sites is 1. The van der Waals surface area contributed by atoms with E-state index in [0.717, 1.165) is 23.4 Å². The molecule has 9 heteroatoms. The van der Waals surface area contributed by atoms with Crippen LogP contribution < -0.4 is 10.2 Å². The number of amides is 1. The number of nitrogens with one attached hydrogen (secondary N) is 1. The molecule has 1 fully saturated rings. The van der Waals surface area contributed by atoms with E-state index < -0.39 is 23.7 Å². The number of aryl methyl sites for hydroxylation is 1. The first-order valence-electron chi connectivity index (χ1n) is 10.4. The molecule has 1 aromatic heterocycles. The molecule has 1 unspecified atom stereocenters. The number of rotatable bonds is 5. The van der Waals surface area contributed by atoms with Gasteiger partial charge >= 0.3 is 6.18 Å². The molecular weight excluding hydrogens is 407 g/mol. The molecule has 1 aromatic carbocycles. The van der Waals surface area contributed by atoms with Gasteiger partial charge in [0.2, 0.25) is 5.91 Å². The van der Waals surface area contributed by atoms with E-state index >= 15 is 0 Å². The van der Waals surface area contributed by atoms with Gasteiger partial charge in [0.15, 0.2) is 0 Å². The Kier molecular flexibility index (Phi) is 6.83. The second-order valence-corrected chi connectivity index (χ2v) is 8.11. The Morgan fingerprint density at radius 1 is 1.06 bits per heavy atom. The van der Waals surface area contributed by atoms with Gasteiger partial charge in [-0.05, 0) is 26.0 Å². The van der Waals surface area contributed by atoms with Crippen molar-refractivity contribution in [2.24, 2.45) is 0 Å². The molecule has 0 radical (unpaired) electrons. The summed E-state index contributed by atoms with van der Waals surface area (Å²) >= 11 is 0. The largest absolute Gasteiger partial charge is 0.418 e. The van der Waals surface area contributed by atoms with Crippen molar-refractivity contribution in [3.05, 3.63) is 47.4 Å². The Labute approximate surface area is 180 Å². The summed E-state index contributed by atoms with van der Waals surface area (Å²) in [6, 6.07) is 6.42. The Balaban J connectivity index is 1.63. The summed E-state index contributed by atoms with van der Waals surface area (Å²) in [5.74, 6) is 1.44. The number of aromatic nitrogens is 2. The number of benzene rings is 1. The zero-order valence-corrected chi connectivity index (χ0v) is 18.2. The lowest BCUT2D eigenvalue weighted by molar-refractivity contribution is -0.137. The minimum atomic E-state index is -4.52. The molecule has 6 nitrogen and oxygen atoms in total. The summed E-state index contributed by atoms with van der Waals surface area (Å²) in [5, 5.41) is 2.45. The van der Waals surface area contributed by atoms with E-state index in [2.05, 4.69) is 20.2 Å². The van der Waals surface area contributed by atoms with Gasteiger partial charge in [-0.15, -0.1) is 0 Å². The van der Waals surface area contributed by atoms with Crippen molar-refractivity contribution in [3.8, 4) is 0 Å². The summed E-state index contributed by atoms with van der Waals surface area (Å²) in [4.78, 5) is 25.9. The first kappa shape index (κ1) is 23.0. The van der Waals surface area contributed by atoms with E-state index in [9.17, 15) is 18.0 Å². The molecule has 1 aliphatic rings. The normalized spacial score (nSPS) is 16.5. The average molecular weight is 435 g/mol. The van der Waals surface area contributed by atoms with E-state index in [4.69, 9.17) is 0 Å². The standard InChI is InChI=1S/C22H28F3N5O/c1-14(2)20-26-15(3)13-19(28-20)30-11-9-29(10-12-30)16(4)21(31)27-18-8-6-5-7-17(18)22(23,24)25/h5-8,13-14,16H,9-12H2,1-4H3,(H,27,31). The average Bonchev–Trinajstić information content (AvgIpc) is 2.72. The summed E-state index contributed by atoms with van der Waals surface area (Å²) in [6.45, 7) is 10.3. The maximum absolute atomic E-state index is 13.2. The van der Waals surface area contributed by atoms with E-state index in [0.29, 0.717) is 26.2 Å². The van der Waals surface area contributed by atoms with Crippen LogP contribution in [-0.2, 0) is 11.0 Å². The zero-order chi connectivity index (χ0) is 22.8. The minimum Gasteiger partial charge on any atom is -0.354 e. The highest BCUT2D eigenvalue weighted by Gasteiger charge is 2.34. The Hall–Kier alpha value is -2.68. The molecule has 3 rings (SSSR count). The van der Waals surface area contributed by atoms with Crippen LogP contribution in [0, 0.1) is 6.92 Å². The molecule has 1 amide bonds. The van der Waals surface area contributed by atoms with E-state index in [1.165, 1.54) is 18.2 Å². The zero-order valence-electron chi connectivity index (χ0n) is 18.2. The number of carbonyl (C=O) groups is 1. The number of alkyl halides is 3. The van der Waals surface area contributed by atoms with Gasteiger partial charge in [-0.25, -0.2) is 9.97 Å². The number of anilines is 2. The lowest BCUT2D eigenvalue weighted by Gasteiger charge is -2.38. The van der Waals surface area contributed by atoms with Crippen molar-refractivity contribution in [3.63, 3.8) is 0 Å². The summed E-state index contributed by atoms with van der Waals surface area (Å²) in [7, 11) is 0. The Bertz CT molecular complexity index is 924. The third-order valence-corrected chi connectivity index (χ3v) is 5.43. The smallest absolute Gasteiger partial charge is 0.354 e. The van der Waals surface area contributed by atoms with Gasteiger partial charge in [0, 0.05) is 43.9 Å². The van der Waals surface area contributed by atoms with Crippen LogP contribution in [0.3, 0.4) is 0 Å². The molecule has 0 aliphatic carbocycles. The fourth-order valence-corrected chi connectivity index (χ4v) is 3.58. The predicted molar refractivity (Wildman–Crippen MR) is 114 cm³/mol. The van der Waals surface area contributed by atoms with E-state index in [1.54, 1.807) is 6.92 Å². The number of piperazine rings is 1. The van der Waals surface area contributed by atoms with Gasteiger partial charge in [-0.1, -0.05) is 26.0 Å². The van der Waals surface area contributed by atoms with Crippen molar-refractivity contribution < 1.29 is 18.0 Å². The molecule has 2 heterocycles.